The summed E-state index contributed by atoms with van der Waals surface area (Å²) in [7, 11) is 0. The predicted octanol–water partition coefficient (Wildman–Crippen LogP) is 2.46. The van der Waals surface area contributed by atoms with Gasteiger partial charge in [0.2, 0.25) is 0 Å². The number of ether oxygens (including phenoxy) is 2. The average Bonchev–Trinajstić information content (AvgIpc) is 3.07. The van der Waals surface area contributed by atoms with Crippen LogP contribution in [0.25, 0.3) is 10.2 Å². The molecule has 0 unspecified atom stereocenters. The number of piperidine rings is 1. The Morgan fingerprint density at radius 2 is 2.21 bits per heavy atom. The molecule has 100 valence electrons. The summed E-state index contributed by atoms with van der Waals surface area (Å²) in [5.41, 5.74) is 4.25. The molecule has 2 fully saturated rings. The van der Waals surface area contributed by atoms with Crippen LogP contribution in [0.1, 0.15) is 24.4 Å². The lowest BCUT2D eigenvalue weighted by molar-refractivity contribution is -0.180. The fraction of sp³-hybridized carbons (Fsp3) is 0.500. The summed E-state index contributed by atoms with van der Waals surface area (Å²) in [6.07, 6.45) is 1.81. The first kappa shape index (κ1) is 11.8. The highest BCUT2D eigenvalue weighted by atomic mass is 32.1. The van der Waals surface area contributed by atoms with Gasteiger partial charge in [0.05, 0.1) is 28.9 Å². The molecule has 0 radical (unpaired) electrons. The molecule has 2 aliphatic heterocycles. The van der Waals surface area contributed by atoms with Gasteiger partial charge in [0, 0.05) is 25.4 Å². The molecule has 2 aromatic rings. The van der Waals surface area contributed by atoms with Crippen LogP contribution >= 0.6 is 11.3 Å². The van der Waals surface area contributed by atoms with E-state index in [1.54, 1.807) is 11.3 Å². The molecule has 4 rings (SSSR count). The molecule has 3 heterocycles. The minimum atomic E-state index is -0.354. The van der Waals surface area contributed by atoms with E-state index in [-0.39, 0.29) is 11.8 Å². The number of hydrogen-bond donors (Lipinski definition) is 1. The Bertz CT molecular complexity index is 592. The van der Waals surface area contributed by atoms with E-state index in [0.29, 0.717) is 0 Å². The Labute approximate surface area is 115 Å². The van der Waals surface area contributed by atoms with Crippen LogP contribution in [0.3, 0.4) is 0 Å². The van der Waals surface area contributed by atoms with Gasteiger partial charge in [0.1, 0.15) is 0 Å². The first-order valence-corrected chi connectivity index (χ1v) is 7.57. The lowest BCUT2D eigenvalue weighted by Crippen LogP contribution is -2.44. The van der Waals surface area contributed by atoms with Gasteiger partial charge in [-0.25, -0.2) is 4.98 Å². The van der Waals surface area contributed by atoms with Crippen molar-refractivity contribution in [3.63, 3.8) is 0 Å². The lowest BCUT2D eigenvalue weighted by atomic mass is 9.92. The third-order valence-electron chi connectivity index (χ3n) is 3.98. The van der Waals surface area contributed by atoms with Gasteiger partial charge in [-0.05, 0) is 17.7 Å². The Hall–Kier alpha value is -1.01. The Morgan fingerprint density at radius 1 is 1.32 bits per heavy atom. The van der Waals surface area contributed by atoms with Crippen molar-refractivity contribution in [1.82, 2.24) is 10.3 Å². The average molecular weight is 276 g/mol. The van der Waals surface area contributed by atoms with Crippen molar-refractivity contribution in [2.24, 2.45) is 0 Å². The van der Waals surface area contributed by atoms with E-state index in [1.807, 2.05) is 5.51 Å². The van der Waals surface area contributed by atoms with E-state index in [2.05, 4.69) is 28.5 Å². The monoisotopic (exact) mass is 276 g/mol. The predicted molar refractivity (Wildman–Crippen MR) is 74.2 cm³/mol. The Balaban J connectivity index is 1.63. The van der Waals surface area contributed by atoms with Crippen LogP contribution in [-0.4, -0.2) is 30.5 Å². The molecule has 0 amide bonds. The van der Waals surface area contributed by atoms with Gasteiger partial charge in [-0.2, -0.15) is 0 Å². The van der Waals surface area contributed by atoms with E-state index in [4.69, 9.17) is 9.47 Å². The number of fused-ring (bicyclic) bond motifs is 1. The molecule has 1 aromatic heterocycles. The molecule has 0 bridgehead atoms. The first-order valence-electron chi connectivity index (χ1n) is 6.69. The number of aromatic nitrogens is 1. The highest BCUT2D eigenvalue weighted by Crippen LogP contribution is 2.37. The van der Waals surface area contributed by atoms with Crippen molar-refractivity contribution in [1.29, 1.82) is 0 Å². The van der Waals surface area contributed by atoms with Crippen LogP contribution in [0.15, 0.2) is 23.7 Å². The van der Waals surface area contributed by atoms with E-state index < -0.39 is 0 Å². The van der Waals surface area contributed by atoms with E-state index in [0.717, 1.165) is 38.1 Å². The van der Waals surface area contributed by atoms with E-state index in [9.17, 15) is 0 Å². The number of benzene rings is 1. The zero-order valence-electron chi connectivity index (χ0n) is 10.6. The maximum Gasteiger partial charge on any atom is 0.171 e. The standard InChI is InChI=1S/C14H16N2O2S/c1-2-13-11(16-9-19-13)7-10(1)12-8-14(3-4-15-12)17-5-6-18-14/h1-2,7,9,12,15H,3-6,8H2/t12-/m0/s1. The van der Waals surface area contributed by atoms with Gasteiger partial charge in [-0.3, -0.25) is 0 Å². The molecule has 2 aliphatic rings. The lowest BCUT2D eigenvalue weighted by Gasteiger charge is -2.37. The first-order chi connectivity index (χ1) is 9.35. The number of hydrogen-bond acceptors (Lipinski definition) is 5. The molecule has 1 atom stereocenters. The summed E-state index contributed by atoms with van der Waals surface area (Å²) in [6, 6.07) is 6.81. The SMILES string of the molecule is c1nc2cc([C@@H]3CC4(CCN3)OCCO4)ccc2s1. The van der Waals surface area contributed by atoms with Crippen LogP contribution in [0.4, 0.5) is 0 Å². The minimum absolute atomic E-state index is 0.290. The van der Waals surface area contributed by atoms with Gasteiger partial charge in [-0.15, -0.1) is 11.3 Å². The fourth-order valence-electron chi connectivity index (χ4n) is 3.01. The minimum Gasteiger partial charge on any atom is -0.347 e. The highest BCUT2D eigenvalue weighted by molar-refractivity contribution is 7.16. The molecule has 1 aromatic carbocycles. The van der Waals surface area contributed by atoms with E-state index >= 15 is 0 Å². The molecular formula is C14H16N2O2S. The number of nitrogens with one attached hydrogen (secondary N) is 1. The smallest absolute Gasteiger partial charge is 0.171 e. The number of thiazole rings is 1. The molecule has 0 aliphatic carbocycles. The van der Waals surface area contributed by atoms with Crippen molar-refractivity contribution in [3.8, 4) is 0 Å². The number of nitrogens with zero attached hydrogens (tertiary/aromatic N) is 1. The molecule has 1 N–H and O–H groups in total. The fourth-order valence-corrected chi connectivity index (χ4v) is 3.67. The summed E-state index contributed by atoms with van der Waals surface area (Å²) in [6.45, 7) is 2.37. The molecule has 0 saturated carbocycles. The number of rotatable bonds is 1. The quantitative estimate of drug-likeness (QED) is 0.869. The normalized spacial score (nSPS) is 26.2. The largest absolute Gasteiger partial charge is 0.347 e. The van der Waals surface area contributed by atoms with Gasteiger partial charge in [-0.1, -0.05) is 6.07 Å². The second kappa shape index (κ2) is 4.52. The summed E-state index contributed by atoms with van der Waals surface area (Å²) in [4.78, 5) is 4.39. The highest BCUT2D eigenvalue weighted by Gasteiger charge is 2.41. The van der Waals surface area contributed by atoms with Crippen LogP contribution in [0.2, 0.25) is 0 Å². The second-order valence-corrected chi connectivity index (χ2v) is 6.03. The van der Waals surface area contributed by atoms with Crippen molar-refractivity contribution in [3.05, 3.63) is 29.3 Å². The molecule has 19 heavy (non-hydrogen) atoms. The topological polar surface area (TPSA) is 43.4 Å². The Morgan fingerprint density at radius 3 is 3.11 bits per heavy atom. The van der Waals surface area contributed by atoms with Crippen molar-refractivity contribution in [2.75, 3.05) is 19.8 Å². The van der Waals surface area contributed by atoms with Crippen LogP contribution < -0.4 is 5.32 Å². The van der Waals surface area contributed by atoms with Gasteiger partial charge < -0.3 is 14.8 Å². The summed E-state index contributed by atoms with van der Waals surface area (Å²) in [5, 5.41) is 3.56. The molecule has 1 spiro atoms. The summed E-state index contributed by atoms with van der Waals surface area (Å²) < 4.78 is 12.9. The van der Waals surface area contributed by atoms with Crippen LogP contribution in [-0.2, 0) is 9.47 Å². The zero-order valence-corrected chi connectivity index (χ0v) is 11.4. The van der Waals surface area contributed by atoms with Gasteiger partial charge in [0.25, 0.3) is 0 Å². The molecule has 2 saturated heterocycles. The third-order valence-corrected chi connectivity index (χ3v) is 4.79. The summed E-state index contributed by atoms with van der Waals surface area (Å²) in [5.74, 6) is -0.354. The van der Waals surface area contributed by atoms with Crippen LogP contribution in [0.5, 0.6) is 0 Å². The maximum atomic E-state index is 5.83. The van der Waals surface area contributed by atoms with Gasteiger partial charge >= 0.3 is 0 Å². The van der Waals surface area contributed by atoms with Crippen LogP contribution in [0, 0.1) is 0 Å². The maximum absolute atomic E-state index is 5.83. The van der Waals surface area contributed by atoms with Crippen molar-refractivity contribution in [2.45, 2.75) is 24.7 Å². The molecular weight excluding hydrogens is 260 g/mol. The third kappa shape index (κ3) is 2.07. The zero-order chi connectivity index (χ0) is 12.7. The molecule has 4 nitrogen and oxygen atoms in total. The van der Waals surface area contributed by atoms with Crippen molar-refractivity contribution < 1.29 is 9.47 Å². The van der Waals surface area contributed by atoms with Crippen molar-refractivity contribution >= 4 is 21.6 Å². The Kier molecular flexibility index (Phi) is 2.81. The molecule has 5 heteroatoms. The van der Waals surface area contributed by atoms with Gasteiger partial charge in [0.15, 0.2) is 5.79 Å². The summed E-state index contributed by atoms with van der Waals surface area (Å²) >= 11 is 1.68. The van der Waals surface area contributed by atoms with E-state index in [1.165, 1.54) is 10.3 Å². The second-order valence-electron chi connectivity index (χ2n) is 5.15.